The molecule has 4 heteroatoms. The number of hydrogen-bond acceptors (Lipinski definition) is 2. The van der Waals surface area contributed by atoms with Gasteiger partial charge >= 0.3 is 0 Å². The first-order chi connectivity index (χ1) is 7.63. The largest absolute Gasteiger partial charge is 0.259 e. The standard InChI is InChI=1S/C13H22N2OS/c1-10-7-8-11(14-9-10)13(5,6)15-17(16)12(2,3)4/h7-9,15H,1-6H3/t17-/m1/s1. The van der Waals surface area contributed by atoms with Crippen molar-refractivity contribution in [1.29, 1.82) is 0 Å². The molecule has 0 fully saturated rings. The van der Waals surface area contributed by atoms with E-state index in [4.69, 9.17) is 0 Å². The van der Waals surface area contributed by atoms with Crippen LogP contribution >= 0.6 is 0 Å². The lowest BCUT2D eigenvalue weighted by Crippen LogP contribution is -2.44. The normalized spacial score (nSPS) is 14.7. The highest BCUT2D eigenvalue weighted by Gasteiger charge is 2.29. The molecular weight excluding hydrogens is 232 g/mol. The van der Waals surface area contributed by atoms with Crippen LogP contribution < -0.4 is 4.72 Å². The number of nitrogens with zero attached hydrogens (tertiary/aromatic N) is 1. The molecule has 1 rings (SSSR count). The summed E-state index contributed by atoms with van der Waals surface area (Å²) in [5.41, 5.74) is 1.63. The summed E-state index contributed by atoms with van der Waals surface area (Å²) in [6.45, 7) is 11.9. The van der Waals surface area contributed by atoms with Gasteiger partial charge in [-0.15, -0.1) is 0 Å². The third-order valence-corrected chi connectivity index (χ3v) is 4.26. The van der Waals surface area contributed by atoms with Crippen molar-refractivity contribution in [3.05, 3.63) is 29.6 Å². The third kappa shape index (κ3) is 3.89. The van der Waals surface area contributed by atoms with Gasteiger partial charge in [0.1, 0.15) is 0 Å². The van der Waals surface area contributed by atoms with Crippen LogP contribution in [0.25, 0.3) is 0 Å². The first-order valence-corrected chi connectivity index (χ1v) is 6.91. The minimum absolute atomic E-state index is 0.276. The average molecular weight is 254 g/mol. The maximum absolute atomic E-state index is 12.1. The molecule has 0 saturated heterocycles. The smallest absolute Gasteiger partial charge is 0.0978 e. The van der Waals surface area contributed by atoms with E-state index in [0.29, 0.717) is 0 Å². The molecule has 0 aliphatic rings. The Kier molecular flexibility index (Phi) is 4.10. The van der Waals surface area contributed by atoms with Crippen molar-refractivity contribution in [2.45, 2.75) is 51.8 Å². The average Bonchev–Trinajstić information content (AvgIpc) is 2.16. The fourth-order valence-corrected chi connectivity index (χ4v) is 2.15. The van der Waals surface area contributed by atoms with Crippen molar-refractivity contribution in [3.63, 3.8) is 0 Å². The van der Waals surface area contributed by atoms with Gasteiger partial charge in [-0.05, 0) is 53.2 Å². The van der Waals surface area contributed by atoms with E-state index in [1.807, 2.05) is 59.9 Å². The zero-order valence-corrected chi connectivity index (χ0v) is 12.3. The molecule has 0 amide bonds. The molecule has 0 aliphatic carbocycles. The first kappa shape index (κ1) is 14.3. The molecule has 1 heterocycles. The fraction of sp³-hybridized carbons (Fsp3) is 0.615. The molecule has 0 unspecified atom stereocenters. The van der Waals surface area contributed by atoms with Crippen molar-refractivity contribution in [3.8, 4) is 0 Å². The zero-order chi connectivity index (χ0) is 13.3. The Morgan fingerprint density at radius 2 is 1.76 bits per heavy atom. The van der Waals surface area contributed by atoms with E-state index in [2.05, 4.69) is 9.71 Å². The predicted molar refractivity (Wildman–Crippen MR) is 73.0 cm³/mol. The van der Waals surface area contributed by atoms with Crippen molar-refractivity contribution >= 4 is 11.0 Å². The van der Waals surface area contributed by atoms with E-state index in [0.717, 1.165) is 11.3 Å². The maximum Gasteiger partial charge on any atom is 0.0978 e. The molecule has 1 aromatic heterocycles. The van der Waals surface area contributed by atoms with Crippen LogP contribution in [-0.2, 0) is 16.5 Å². The maximum atomic E-state index is 12.1. The van der Waals surface area contributed by atoms with Crippen LogP contribution in [0.1, 0.15) is 45.9 Å². The van der Waals surface area contributed by atoms with E-state index in [9.17, 15) is 4.21 Å². The summed E-state index contributed by atoms with van der Waals surface area (Å²) in [5.74, 6) is 0. The van der Waals surface area contributed by atoms with Gasteiger partial charge in [-0.3, -0.25) is 4.98 Å². The second-order valence-corrected chi connectivity index (χ2v) is 7.80. The molecule has 17 heavy (non-hydrogen) atoms. The molecule has 1 atom stereocenters. The van der Waals surface area contributed by atoms with Crippen molar-refractivity contribution < 1.29 is 4.21 Å². The molecule has 0 spiro atoms. The minimum atomic E-state index is -1.10. The van der Waals surface area contributed by atoms with Gasteiger partial charge in [-0.2, -0.15) is 0 Å². The van der Waals surface area contributed by atoms with Gasteiger partial charge in [-0.25, -0.2) is 8.93 Å². The third-order valence-electron chi connectivity index (χ3n) is 2.46. The van der Waals surface area contributed by atoms with Crippen LogP contribution in [0.4, 0.5) is 0 Å². The Morgan fingerprint density at radius 3 is 2.18 bits per heavy atom. The summed E-state index contributed by atoms with van der Waals surface area (Å²) >= 11 is 0. The number of pyridine rings is 1. The monoisotopic (exact) mass is 254 g/mol. The highest BCUT2D eigenvalue weighted by molar-refractivity contribution is 7.84. The topological polar surface area (TPSA) is 42.0 Å². The summed E-state index contributed by atoms with van der Waals surface area (Å²) in [5, 5.41) is 0. The molecule has 0 saturated carbocycles. The van der Waals surface area contributed by atoms with Crippen LogP contribution in [0, 0.1) is 6.92 Å². The molecule has 0 bridgehead atoms. The van der Waals surface area contributed by atoms with Gasteiger partial charge in [0.25, 0.3) is 0 Å². The number of hydrogen-bond donors (Lipinski definition) is 1. The zero-order valence-electron chi connectivity index (χ0n) is 11.5. The second-order valence-electron chi connectivity index (χ2n) is 5.83. The Labute approximate surface area is 107 Å². The molecule has 0 aliphatic heterocycles. The van der Waals surface area contributed by atoms with Gasteiger partial charge < -0.3 is 0 Å². The van der Waals surface area contributed by atoms with Crippen LogP contribution in [0.5, 0.6) is 0 Å². The van der Waals surface area contributed by atoms with Gasteiger partial charge in [0.2, 0.25) is 0 Å². The predicted octanol–water partition coefficient (Wildman–Crippen LogP) is 2.68. The highest BCUT2D eigenvalue weighted by atomic mass is 32.2. The van der Waals surface area contributed by atoms with E-state index in [1.165, 1.54) is 0 Å². The van der Waals surface area contributed by atoms with Crippen LogP contribution in [0.3, 0.4) is 0 Å². The fourth-order valence-electron chi connectivity index (χ4n) is 1.27. The summed E-state index contributed by atoms with van der Waals surface area (Å²) in [4.78, 5) is 4.39. The van der Waals surface area contributed by atoms with Crippen LogP contribution in [-0.4, -0.2) is 13.9 Å². The summed E-state index contributed by atoms with van der Waals surface area (Å²) in [6.07, 6.45) is 1.83. The van der Waals surface area contributed by atoms with Crippen LogP contribution in [0.15, 0.2) is 18.3 Å². The summed E-state index contributed by atoms with van der Waals surface area (Å²) < 4.78 is 15.0. The SMILES string of the molecule is Cc1ccc(C(C)(C)N[S@](=O)C(C)(C)C)nc1. The molecule has 3 nitrogen and oxygen atoms in total. The van der Waals surface area contributed by atoms with E-state index in [-0.39, 0.29) is 4.75 Å². The van der Waals surface area contributed by atoms with Crippen molar-refractivity contribution in [2.75, 3.05) is 0 Å². The molecule has 96 valence electrons. The van der Waals surface area contributed by atoms with Gasteiger partial charge in [-0.1, -0.05) is 6.07 Å². The Balaban J connectivity index is 2.89. The number of nitrogens with one attached hydrogen (secondary N) is 1. The molecule has 0 radical (unpaired) electrons. The second kappa shape index (κ2) is 4.86. The lowest BCUT2D eigenvalue weighted by Gasteiger charge is -2.29. The quantitative estimate of drug-likeness (QED) is 0.901. The number of aromatic nitrogens is 1. The number of rotatable bonds is 3. The molecule has 1 N–H and O–H groups in total. The summed E-state index contributed by atoms with van der Waals surface area (Å²) in [7, 11) is -1.10. The van der Waals surface area contributed by atoms with Crippen molar-refractivity contribution in [1.82, 2.24) is 9.71 Å². The number of aryl methyl sites for hydroxylation is 1. The minimum Gasteiger partial charge on any atom is -0.259 e. The Morgan fingerprint density at radius 1 is 1.18 bits per heavy atom. The molecule has 0 aromatic carbocycles. The Bertz CT molecular complexity index is 404. The highest BCUT2D eigenvalue weighted by Crippen LogP contribution is 2.21. The molecular formula is C13H22N2OS. The van der Waals surface area contributed by atoms with Gasteiger partial charge in [0, 0.05) is 6.20 Å². The van der Waals surface area contributed by atoms with Crippen molar-refractivity contribution in [2.24, 2.45) is 0 Å². The van der Waals surface area contributed by atoms with Crippen LogP contribution in [0.2, 0.25) is 0 Å². The lowest BCUT2D eigenvalue weighted by atomic mass is 10.0. The summed E-state index contributed by atoms with van der Waals surface area (Å²) in [6, 6.07) is 3.99. The molecule has 1 aromatic rings. The van der Waals surface area contributed by atoms with E-state index in [1.54, 1.807) is 0 Å². The van der Waals surface area contributed by atoms with Gasteiger partial charge in [0.15, 0.2) is 0 Å². The van der Waals surface area contributed by atoms with E-state index < -0.39 is 16.5 Å². The Hall–Kier alpha value is -0.740. The van der Waals surface area contributed by atoms with E-state index >= 15 is 0 Å². The van der Waals surface area contributed by atoms with Gasteiger partial charge in [0.05, 0.1) is 27.0 Å². The lowest BCUT2D eigenvalue weighted by molar-refractivity contribution is 0.473. The first-order valence-electron chi connectivity index (χ1n) is 5.76.